The normalized spacial score (nSPS) is 20.5. The molecule has 0 bridgehead atoms. The third-order valence-electron chi connectivity index (χ3n) is 3.89. The third-order valence-corrected chi connectivity index (χ3v) is 5.50. The van der Waals surface area contributed by atoms with Crippen molar-refractivity contribution in [2.45, 2.75) is 19.9 Å². The van der Waals surface area contributed by atoms with Crippen LogP contribution in [-0.2, 0) is 9.84 Å². The summed E-state index contributed by atoms with van der Waals surface area (Å²) < 4.78 is 23.2. The predicted octanol–water partition coefficient (Wildman–Crippen LogP) is 1.70. The van der Waals surface area contributed by atoms with Crippen LogP contribution in [0.1, 0.15) is 25.5 Å². The molecule has 118 valence electrons. The molecular formula is C16H26N2O2S. The van der Waals surface area contributed by atoms with Crippen LogP contribution in [0.2, 0.25) is 0 Å². The van der Waals surface area contributed by atoms with Gasteiger partial charge in [0.1, 0.15) is 0 Å². The Morgan fingerprint density at radius 1 is 1.10 bits per heavy atom. The van der Waals surface area contributed by atoms with Gasteiger partial charge in [-0.2, -0.15) is 0 Å². The van der Waals surface area contributed by atoms with Crippen LogP contribution in [0.5, 0.6) is 0 Å². The van der Waals surface area contributed by atoms with Gasteiger partial charge in [-0.3, -0.25) is 4.90 Å². The van der Waals surface area contributed by atoms with Crippen molar-refractivity contribution in [2.24, 2.45) is 5.92 Å². The van der Waals surface area contributed by atoms with E-state index >= 15 is 0 Å². The number of hydrogen-bond donors (Lipinski definition) is 1. The summed E-state index contributed by atoms with van der Waals surface area (Å²) in [6.07, 6.45) is 0. The Kier molecular flexibility index (Phi) is 5.79. The lowest BCUT2D eigenvalue weighted by atomic mass is 10.0. The molecule has 1 N–H and O–H groups in total. The highest BCUT2D eigenvalue weighted by atomic mass is 32.2. The van der Waals surface area contributed by atoms with E-state index in [9.17, 15) is 8.42 Å². The minimum Gasteiger partial charge on any atom is -0.315 e. The van der Waals surface area contributed by atoms with Gasteiger partial charge in [-0.25, -0.2) is 8.42 Å². The highest BCUT2D eigenvalue weighted by molar-refractivity contribution is 7.91. The molecule has 5 heteroatoms. The van der Waals surface area contributed by atoms with Crippen molar-refractivity contribution < 1.29 is 8.42 Å². The summed E-state index contributed by atoms with van der Waals surface area (Å²) >= 11 is 0. The number of nitrogens with one attached hydrogen (secondary N) is 1. The molecule has 1 saturated heterocycles. The Morgan fingerprint density at radius 3 is 2.29 bits per heavy atom. The molecule has 1 aliphatic heterocycles. The van der Waals surface area contributed by atoms with Crippen LogP contribution in [0.3, 0.4) is 0 Å². The molecule has 21 heavy (non-hydrogen) atoms. The molecule has 0 aromatic heterocycles. The first-order valence-corrected chi connectivity index (χ1v) is 9.50. The Labute approximate surface area is 128 Å². The molecule has 1 aliphatic rings. The lowest BCUT2D eigenvalue weighted by molar-refractivity contribution is 0.207. The Balaban J connectivity index is 2.05. The largest absolute Gasteiger partial charge is 0.315 e. The molecule has 1 aromatic carbocycles. The molecule has 1 fully saturated rings. The lowest BCUT2D eigenvalue weighted by Crippen LogP contribution is -2.45. The second-order valence-corrected chi connectivity index (χ2v) is 8.47. The fourth-order valence-corrected chi connectivity index (χ4v) is 3.91. The fraction of sp³-hybridized carbons (Fsp3) is 0.625. The average molecular weight is 310 g/mol. The first-order chi connectivity index (χ1) is 9.98. The third kappa shape index (κ3) is 5.09. The van der Waals surface area contributed by atoms with Crippen molar-refractivity contribution in [3.8, 4) is 0 Å². The summed E-state index contributed by atoms with van der Waals surface area (Å²) in [5.41, 5.74) is 1.26. The molecule has 1 heterocycles. The minimum atomic E-state index is -2.83. The van der Waals surface area contributed by atoms with Crippen LogP contribution in [0.25, 0.3) is 0 Å². The monoisotopic (exact) mass is 310 g/mol. The van der Waals surface area contributed by atoms with E-state index in [4.69, 9.17) is 0 Å². The van der Waals surface area contributed by atoms with Crippen LogP contribution < -0.4 is 5.32 Å². The maximum atomic E-state index is 11.6. The second-order valence-electron chi connectivity index (χ2n) is 6.17. The zero-order valence-corrected chi connectivity index (χ0v) is 13.8. The Morgan fingerprint density at radius 2 is 1.71 bits per heavy atom. The van der Waals surface area contributed by atoms with Crippen molar-refractivity contribution >= 4 is 9.84 Å². The van der Waals surface area contributed by atoms with E-state index < -0.39 is 9.84 Å². The summed E-state index contributed by atoms with van der Waals surface area (Å²) in [5.74, 6) is 1.17. The summed E-state index contributed by atoms with van der Waals surface area (Å²) in [4.78, 5) is 2.30. The molecule has 0 amide bonds. The molecule has 1 aromatic rings. The van der Waals surface area contributed by atoms with Gasteiger partial charge in [0.2, 0.25) is 0 Å². The molecule has 1 unspecified atom stereocenters. The zero-order valence-electron chi connectivity index (χ0n) is 13.0. The molecular weight excluding hydrogens is 284 g/mol. The predicted molar refractivity (Wildman–Crippen MR) is 87.1 cm³/mol. The van der Waals surface area contributed by atoms with Gasteiger partial charge in [0.15, 0.2) is 9.84 Å². The molecule has 0 spiro atoms. The zero-order chi connectivity index (χ0) is 15.3. The minimum absolute atomic E-state index is 0.250. The van der Waals surface area contributed by atoms with Gasteiger partial charge in [0, 0.05) is 25.7 Å². The number of hydrogen-bond acceptors (Lipinski definition) is 4. The molecule has 1 atom stereocenters. The number of rotatable bonds is 6. The summed E-state index contributed by atoms with van der Waals surface area (Å²) in [7, 11) is -2.83. The van der Waals surface area contributed by atoms with Gasteiger partial charge in [0.05, 0.1) is 11.5 Å². The van der Waals surface area contributed by atoms with Crippen LogP contribution in [0.4, 0.5) is 0 Å². The van der Waals surface area contributed by atoms with Crippen molar-refractivity contribution in [2.75, 3.05) is 37.7 Å². The number of benzene rings is 1. The van der Waals surface area contributed by atoms with Crippen molar-refractivity contribution in [1.29, 1.82) is 0 Å². The summed E-state index contributed by atoms with van der Waals surface area (Å²) in [5, 5.41) is 3.51. The van der Waals surface area contributed by atoms with Gasteiger partial charge < -0.3 is 5.32 Å². The lowest BCUT2D eigenvalue weighted by Gasteiger charge is -2.35. The SMILES string of the molecule is CC(C)CNCC(c1ccccc1)N1CCS(=O)(=O)CC1. The number of nitrogens with zero attached hydrogens (tertiary/aromatic N) is 1. The summed E-state index contributed by atoms with van der Waals surface area (Å²) in [6.45, 7) is 7.49. The first kappa shape index (κ1) is 16.5. The summed E-state index contributed by atoms with van der Waals surface area (Å²) in [6, 6.07) is 10.6. The van der Waals surface area contributed by atoms with E-state index in [0.717, 1.165) is 13.1 Å². The highest BCUT2D eigenvalue weighted by Crippen LogP contribution is 2.22. The molecule has 2 rings (SSSR count). The number of sulfone groups is 1. The van der Waals surface area contributed by atoms with Crippen LogP contribution >= 0.6 is 0 Å². The van der Waals surface area contributed by atoms with Crippen molar-refractivity contribution in [3.63, 3.8) is 0 Å². The maximum absolute atomic E-state index is 11.6. The van der Waals surface area contributed by atoms with E-state index in [1.807, 2.05) is 18.2 Å². The van der Waals surface area contributed by atoms with E-state index in [1.165, 1.54) is 5.56 Å². The average Bonchev–Trinajstić information content (AvgIpc) is 2.45. The van der Waals surface area contributed by atoms with E-state index in [1.54, 1.807) is 0 Å². The van der Waals surface area contributed by atoms with E-state index in [2.05, 4.69) is 36.2 Å². The van der Waals surface area contributed by atoms with Gasteiger partial charge >= 0.3 is 0 Å². The van der Waals surface area contributed by atoms with Gasteiger partial charge in [-0.1, -0.05) is 44.2 Å². The maximum Gasteiger partial charge on any atom is 0.152 e. The highest BCUT2D eigenvalue weighted by Gasteiger charge is 2.27. The first-order valence-electron chi connectivity index (χ1n) is 7.68. The molecule has 0 aliphatic carbocycles. The van der Waals surface area contributed by atoms with E-state index in [0.29, 0.717) is 19.0 Å². The molecule has 0 radical (unpaired) electrons. The van der Waals surface area contributed by atoms with Crippen LogP contribution in [0, 0.1) is 5.92 Å². The van der Waals surface area contributed by atoms with Crippen LogP contribution in [-0.4, -0.2) is 51.0 Å². The van der Waals surface area contributed by atoms with E-state index in [-0.39, 0.29) is 17.5 Å². The van der Waals surface area contributed by atoms with Gasteiger partial charge in [-0.05, 0) is 18.0 Å². The fourth-order valence-electron chi connectivity index (χ4n) is 2.68. The van der Waals surface area contributed by atoms with Gasteiger partial charge in [0.25, 0.3) is 0 Å². The smallest absolute Gasteiger partial charge is 0.152 e. The van der Waals surface area contributed by atoms with Crippen molar-refractivity contribution in [3.05, 3.63) is 35.9 Å². The van der Waals surface area contributed by atoms with Crippen molar-refractivity contribution in [1.82, 2.24) is 10.2 Å². The molecule has 0 saturated carbocycles. The second kappa shape index (κ2) is 7.38. The standard InChI is InChI=1S/C16H26N2O2S/c1-14(2)12-17-13-16(15-6-4-3-5-7-15)18-8-10-21(19,20)11-9-18/h3-7,14,16-17H,8-13H2,1-2H3. The quantitative estimate of drug-likeness (QED) is 0.869. The van der Waals surface area contributed by atoms with Crippen LogP contribution in [0.15, 0.2) is 30.3 Å². The Hall–Kier alpha value is -0.910. The Bertz CT molecular complexity index is 514. The topological polar surface area (TPSA) is 49.4 Å². The van der Waals surface area contributed by atoms with Gasteiger partial charge in [-0.15, -0.1) is 0 Å². The molecule has 4 nitrogen and oxygen atoms in total.